The molecular weight excluding hydrogens is 195 g/mol. The predicted molar refractivity (Wildman–Crippen MR) is 41.7 cm³/mol. The molecule has 1 heterocycles. The van der Waals surface area contributed by atoms with Gasteiger partial charge < -0.3 is 9.84 Å². The van der Waals surface area contributed by atoms with Gasteiger partial charge in [-0.1, -0.05) is 30.3 Å². The molecule has 2 atom stereocenters. The van der Waals surface area contributed by atoms with Crippen LogP contribution in [0.25, 0.3) is 0 Å². The maximum absolute atomic E-state index is 10.4. The monoisotopic (exact) mass is 203 g/mol. The molecule has 62 valence electrons. The van der Waals surface area contributed by atoms with E-state index in [4.69, 9.17) is 9.84 Å². The minimum absolute atomic E-state index is 0. The molecule has 1 aromatic rings. The molecule has 0 spiro atoms. The Morgan fingerprint density at radius 2 is 1.92 bits per heavy atom. The van der Waals surface area contributed by atoms with E-state index in [0.29, 0.717) is 0 Å². The second-order valence-electron chi connectivity index (χ2n) is 2.73. The predicted octanol–water partition coefficient (Wildman–Crippen LogP) is -1.78. The molecular formula is C9H8KO3+. The molecule has 1 aliphatic rings. The Bertz CT molecular complexity index is 299. The fourth-order valence-electron chi connectivity index (χ4n) is 1.20. The van der Waals surface area contributed by atoms with E-state index in [0.717, 1.165) is 5.56 Å². The van der Waals surface area contributed by atoms with Crippen LogP contribution in [0.5, 0.6) is 0 Å². The van der Waals surface area contributed by atoms with Crippen LogP contribution in [-0.4, -0.2) is 17.2 Å². The number of epoxide rings is 1. The number of ether oxygens (including phenoxy) is 1. The Balaban J connectivity index is 0.000000845. The first-order valence-electron chi connectivity index (χ1n) is 3.72. The zero-order valence-corrected chi connectivity index (χ0v) is 10.4. The summed E-state index contributed by atoms with van der Waals surface area (Å²) in [6.45, 7) is 0. The van der Waals surface area contributed by atoms with Gasteiger partial charge in [-0.15, -0.1) is 0 Å². The molecule has 3 nitrogen and oxygen atoms in total. The number of hydrogen-bond acceptors (Lipinski definition) is 2. The molecule has 0 amide bonds. The van der Waals surface area contributed by atoms with Gasteiger partial charge in [-0.25, -0.2) is 4.79 Å². The molecule has 13 heavy (non-hydrogen) atoms. The zero-order valence-electron chi connectivity index (χ0n) is 7.31. The summed E-state index contributed by atoms with van der Waals surface area (Å²) < 4.78 is 4.96. The molecule has 2 rings (SSSR count). The topological polar surface area (TPSA) is 49.8 Å². The van der Waals surface area contributed by atoms with Gasteiger partial charge >= 0.3 is 57.4 Å². The van der Waals surface area contributed by atoms with Crippen LogP contribution in [0.1, 0.15) is 11.7 Å². The van der Waals surface area contributed by atoms with Crippen LogP contribution in [0.15, 0.2) is 30.3 Å². The summed E-state index contributed by atoms with van der Waals surface area (Å²) in [5.74, 6) is -0.885. The van der Waals surface area contributed by atoms with Crippen molar-refractivity contribution in [2.24, 2.45) is 0 Å². The summed E-state index contributed by atoms with van der Waals surface area (Å²) in [7, 11) is 0. The summed E-state index contributed by atoms with van der Waals surface area (Å²) >= 11 is 0. The van der Waals surface area contributed by atoms with Crippen molar-refractivity contribution in [1.82, 2.24) is 0 Å². The van der Waals surface area contributed by atoms with Crippen molar-refractivity contribution in [3.63, 3.8) is 0 Å². The van der Waals surface area contributed by atoms with Gasteiger partial charge in [0.2, 0.25) is 0 Å². The van der Waals surface area contributed by atoms with Crippen LogP contribution < -0.4 is 51.4 Å². The van der Waals surface area contributed by atoms with E-state index < -0.39 is 12.1 Å². The maximum atomic E-state index is 10.4. The van der Waals surface area contributed by atoms with Crippen LogP contribution >= 0.6 is 0 Å². The summed E-state index contributed by atoms with van der Waals surface area (Å²) in [5, 5.41) is 8.56. The number of carbonyl (C=O) groups is 1. The largest absolute Gasteiger partial charge is 1.00 e. The van der Waals surface area contributed by atoms with Crippen LogP contribution in [0, 0.1) is 0 Å². The molecule has 2 unspecified atom stereocenters. The third kappa shape index (κ3) is 2.62. The molecule has 1 aromatic carbocycles. The van der Waals surface area contributed by atoms with Crippen molar-refractivity contribution in [3.05, 3.63) is 35.9 Å². The molecule has 1 aliphatic heterocycles. The standard InChI is InChI=1S/C9H8O3.K/c10-9(11)8-7(12-8)6-4-2-1-3-5-6;/h1-5,7-8H,(H,10,11);/q;+1. The Kier molecular flexibility index (Phi) is 4.09. The molecule has 0 saturated carbocycles. The molecule has 0 radical (unpaired) electrons. The van der Waals surface area contributed by atoms with Crippen molar-refractivity contribution in [2.45, 2.75) is 12.2 Å². The van der Waals surface area contributed by atoms with E-state index in [-0.39, 0.29) is 57.5 Å². The average Bonchev–Trinajstić information content (AvgIpc) is 2.84. The van der Waals surface area contributed by atoms with Crippen LogP contribution in [0.2, 0.25) is 0 Å². The van der Waals surface area contributed by atoms with Crippen LogP contribution in [-0.2, 0) is 9.53 Å². The third-order valence-electron chi connectivity index (χ3n) is 1.86. The van der Waals surface area contributed by atoms with Crippen molar-refractivity contribution in [3.8, 4) is 0 Å². The van der Waals surface area contributed by atoms with Crippen molar-refractivity contribution in [2.75, 3.05) is 0 Å². The second kappa shape index (κ2) is 4.68. The average molecular weight is 203 g/mol. The molecule has 1 saturated heterocycles. The summed E-state index contributed by atoms with van der Waals surface area (Å²) in [6, 6.07) is 9.37. The Morgan fingerprint density at radius 1 is 1.31 bits per heavy atom. The minimum Gasteiger partial charge on any atom is -0.479 e. The van der Waals surface area contributed by atoms with E-state index in [1.807, 2.05) is 30.3 Å². The number of carboxylic acid groups (broad SMARTS) is 1. The minimum atomic E-state index is -0.885. The molecule has 0 aliphatic carbocycles. The normalized spacial score (nSPS) is 24.6. The van der Waals surface area contributed by atoms with E-state index in [1.165, 1.54) is 0 Å². The first kappa shape index (κ1) is 11.4. The molecule has 1 N–H and O–H groups in total. The quantitative estimate of drug-likeness (QED) is 0.456. The molecule has 0 aromatic heterocycles. The van der Waals surface area contributed by atoms with Gasteiger partial charge in [0, 0.05) is 0 Å². The number of carboxylic acids is 1. The summed E-state index contributed by atoms with van der Waals surface area (Å²) in [5.41, 5.74) is 0.935. The van der Waals surface area contributed by atoms with Gasteiger partial charge in [0.1, 0.15) is 6.10 Å². The molecule has 0 bridgehead atoms. The smallest absolute Gasteiger partial charge is 0.479 e. The van der Waals surface area contributed by atoms with E-state index >= 15 is 0 Å². The first-order chi connectivity index (χ1) is 5.79. The van der Waals surface area contributed by atoms with Gasteiger partial charge in [0.05, 0.1) is 0 Å². The van der Waals surface area contributed by atoms with E-state index in [9.17, 15) is 4.79 Å². The number of benzene rings is 1. The van der Waals surface area contributed by atoms with Crippen LogP contribution in [0.4, 0.5) is 0 Å². The zero-order chi connectivity index (χ0) is 8.55. The third-order valence-corrected chi connectivity index (χ3v) is 1.86. The number of aliphatic carboxylic acids is 1. The Morgan fingerprint density at radius 3 is 2.38 bits per heavy atom. The van der Waals surface area contributed by atoms with Crippen LogP contribution in [0.3, 0.4) is 0 Å². The SMILES string of the molecule is O=C(O)C1OC1c1ccccc1.[K+]. The Hall–Kier alpha value is 0.286. The van der Waals surface area contributed by atoms with Gasteiger partial charge in [0.25, 0.3) is 0 Å². The first-order valence-corrected chi connectivity index (χ1v) is 3.72. The second-order valence-corrected chi connectivity index (χ2v) is 2.73. The van der Waals surface area contributed by atoms with Gasteiger partial charge in [-0.3, -0.25) is 0 Å². The number of rotatable bonds is 2. The van der Waals surface area contributed by atoms with Gasteiger partial charge in [-0.2, -0.15) is 0 Å². The summed E-state index contributed by atoms with van der Waals surface area (Å²) in [4.78, 5) is 10.4. The fourth-order valence-corrected chi connectivity index (χ4v) is 1.20. The fraction of sp³-hybridized carbons (Fsp3) is 0.222. The van der Waals surface area contributed by atoms with Gasteiger partial charge in [-0.05, 0) is 5.56 Å². The van der Waals surface area contributed by atoms with Crippen molar-refractivity contribution < 1.29 is 66.0 Å². The van der Waals surface area contributed by atoms with Gasteiger partial charge in [0.15, 0.2) is 6.10 Å². The Labute approximate surface area is 119 Å². The molecule has 1 fully saturated rings. The van der Waals surface area contributed by atoms with E-state index in [2.05, 4.69) is 0 Å². The van der Waals surface area contributed by atoms with Crippen molar-refractivity contribution in [1.29, 1.82) is 0 Å². The van der Waals surface area contributed by atoms with Crippen molar-refractivity contribution >= 4 is 5.97 Å². The van der Waals surface area contributed by atoms with E-state index in [1.54, 1.807) is 0 Å². The number of hydrogen-bond donors (Lipinski definition) is 1. The molecule has 4 heteroatoms. The maximum Gasteiger partial charge on any atom is 1.00 e. The summed E-state index contributed by atoms with van der Waals surface area (Å²) in [6.07, 6.45) is -0.865.